The maximum atomic E-state index is 14.3. The number of aliphatic hydroxyl groups excluding tert-OH is 2. The van der Waals surface area contributed by atoms with Crippen molar-refractivity contribution in [1.29, 1.82) is 0 Å². The Morgan fingerprint density at radius 3 is 2.21 bits per heavy atom. The van der Waals surface area contributed by atoms with Gasteiger partial charge in [-0.1, -0.05) is 43.7 Å². The van der Waals surface area contributed by atoms with Crippen molar-refractivity contribution in [2.75, 3.05) is 33.4 Å². The molecule has 0 spiro atoms. The minimum Gasteiger partial charge on any atom is -0.396 e. The minimum absolute atomic E-state index is 0.116. The Morgan fingerprint density at radius 2 is 1.65 bits per heavy atom. The van der Waals surface area contributed by atoms with Crippen molar-refractivity contribution in [2.45, 2.75) is 84.1 Å². The second-order valence-corrected chi connectivity index (χ2v) is 12.6. The second-order valence-electron chi connectivity index (χ2n) is 12.6. The van der Waals surface area contributed by atoms with Crippen molar-refractivity contribution in [2.24, 2.45) is 5.41 Å². The molecule has 0 aliphatic carbocycles. The molecule has 2 aromatic carbocycles. The van der Waals surface area contributed by atoms with Crippen LogP contribution >= 0.6 is 0 Å². The number of amides is 3. The number of aliphatic hydroxyl groups is 2. The van der Waals surface area contributed by atoms with Gasteiger partial charge in [0.1, 0.15) is 0 Å². The number of hydrogen-bond acceptors (Lipinski definition) is 4. The normalized spacial score (nSPS) is 20.9. The molecule has 0 bridgehead atoms. The fourth-order valence-corrected chi connectivity index (χ4v) is 6.89. The summed E-state index contributed by atoms with van der Waals surface area (Å²) >= 11 is 0. The first-order valence-corrected chi connectivity index (χ1v) is 15.0. The van der Waals surface area contributed by atoms with E-state index in [2.05, 4.69) is 0 Å². The number of urea groups is 1. The van der Waals surface area contributed by atoms with Gasteiger partial charge in [0.05, 0.1) is 29.1 Å². The summed E-state index contributed by atoms with van der Waals surface area (Å²) in [5, 5.41) is 19.7. The van der Waals surface area contributed by atoms with E-state index in [1.165, 1.54) is 11.0 Å². The number of alkyl halides is 3. The first kappa shape index (κ1) is 32.8. The lowest BCUT2D eigenvalue weighted by atomic mass is 9.77. The Morgan fingerprint density at radius 1 is 1.02 bits per heavy atom. The number of rotatable bonds is 8. The fraction of sp³-hybridized carbons (Fsp3) is 0.576. The second kappa shape index (κ2) is 12.5. The predicted molar refractivity (Wildman–Crippen MR) is 158 cm³/mol. The maximum absolute atomic E-state index is 14.3. The van der Waals surface area contributed by atoms with Crippen LogP contribution < -0.4 is 0 Å². The van der Waals surface area contributed by atoms with Gasteiger partial charge in [-0.15, -0.1) is 0 Å². The van der Waals surface area contributed by atoms with E-state index >= 15 is 0 Å². The van der Waals surface area contributed by atoms with Crippen LogP contribution in [0.15, 0.2) is 36.4 Å². The number of halogens is 3. The Hall–Kier alpha value is -3.11. The van der Waals surface area contributed by atoms with Crippen LogP contribution in [0.2, 0.25) is 0 Å². The number of aryl methyl sites for hydroxylation is 2. The number of fused-ring (bicyclic) bond motifs is 1. The van der Waals surface area contributed by atoms with Gasteiger partial charge in [0.25, 0.3) is 0 Å². The van der Waals surface area contributed by atoms with Gasteiger partial charge in [0.2, 0.25) is 5.91 Å². The highest BCUT2D eigenvalue weighted by Gasteiger charge is 2.56. The van der Waals surface area contributed by atoms with E-state index < -0.39 is 29.2 Å². The third-order valence-electron chi connectivity index (χ3n) is 9.50. The molecule has 7 nitrogen and oxygen atoms in total. The number of hydrogen-bond donors (Lipinski definition) is 2. The highest BCUT2D eigenvalue weighted by molar-refractivity contribution is 5.86. The molecule has 2 unspecified atom stereocenters. The number of nitrogens with zero attached hydrogens (tertiary/aromatic N) is 3. The Labute approximate surface area is 252 Å². The summed E-state index contributed by atoms with van der Waals surface area (Å²) in [5.41, 5.74) is 2.21. The summed E-state index contributed by atoms with van der Waals surface area (Å²) in [5.74, 6) is -0.247. The SMILES string of the molecule is Cc1ccc(C2C3CC(CCO)(CCO)C(=O)N3CCN2C(=O)N(C)[C@H](C)c2cc(C(C)C)cc(C(F)(F)F)c2)c(C)c1. The molecule has 2 aliphatic heterocycles. The zero-order valence-electron chi connectivity index (χ0n) is 25.9. The largest absolute Gasteiger partial charge is 0.416 e. The van der Waals surface area contributed by atoms with Crippen LogP contribution in [0.5, 0.6) is 0 Å². The third kappa shape index (κ3) is 6.27. The smallest absolute Gasteiger partial charge is 0.396 e. The van der Waals surface area contributed by atoms with Crippen LogP contribution in [-0.2, 0) is 11.0 Å². The zero-order valence-corrected chi connectivity index (χ0v) is 25.9. The number of carbonyl (C=O) groups excluding carboxylic acids is 2. The van der Waals surface area contributed by atoms with Gasteiger partial charge < -0.3 is 24.9 Å². The highest BCUT2D eigenvalue weighted by Crippen LogP contribution is 2.49. The van der Waals surface area contributed by atoms with E-state index in [0.29, 0.717) is 24.1 Å². The molecule has 43 heavy (non-hydrogen) atoms. The minimum atomic E-state index is -4.52. The molecule has 236 valence electrons. The molecule has 3 amide bonds. The lowest BCUT2D eigenvalue weighted by molar-refractivity contribution is -0.140. The summed E-state index contributed by atoms with van der Waals surface area (Å²) in [4.78, 5) is 33.1. The van der Waals surface area contributed by atoms with Crippen LogP contribution in [0.4, 0.5) is 18.0 Å². The Balaban J connectivity index is 1.74. The Bertz CT molecular complexity index is 1340. The molecular formula is C33H44F3N3O4. The van der Waals surface area contributed by atoms with Gasteiger partial charge in [-0.2, -0.15) is 13.2 Å². The average molecular weight is 604 g/mol. The van der Waals surface area contributed by atoms with Crippen molar-refractivity contribution in [3.05, 3.63) is 69.8 Å². The molecule has 2 aliphatic rings. The highest BCUT2D eigenvalue weighted by atomic mass is 19.4. The summed E-state index contributed by atoms with van der Waals surface area (Å²) in [7, 11) is 1.61. The molecule has 3 atom stereocenters. The lowest BCUT2D eigenvalue weighted by Crippen LogP contribution is -2.57. The first-order valence-electron chi connectivity index (χ1n) is 15.0. The molecule has 2 fully saturated rings. The standard InChI is InChI=1S/C33H44F3N3O4/c1-20(2)24-16-25(18-26(17-24)33(34,35)36)23(5)37(6)31(43)39-12-11-38-28(19-32(9-13-40,10-14-41)30(38)42)29(39)27-8-7-21(3)15-22(27)4/h7-8,15-18,20,23,28-29,40-41H,9-14,19H2,1-6H3/t23-,28?,29?/m1/s1. The molecule has 4 rings (SSSR count). The predicted octanol–water partition coefficient (Wildman–Crippen LogP) is 5.97. The molecule has 2 saturated heterocycles. The van der Waals surface area contributed by atoms with Gasteiger partial charge in [0, 0.05) is 33.4 Å². The maximum Gasteiger partial charge on any atom is 0.416 e. The van der Waals surface area contributed by atoms with Crippen LogP contribution in [0, 0.1) is 19.3 Å². The van der Waals surface area contributed by atoms with Gasteiger partial charge in [-0.25, -0.2) is 4.79 Å². The van der Waals surface area contributed by atoms with Crippen molar-refractivity contribution in [3.63, 3.8) is 0 Å². The quantitative estimate of drug-likeness (QED) is 0.390. The fourth-order valence-electron chi connectivity index (χ4n) is 6.89. The van der Waals surface area contributed by atoms with E-state index in [1.807, 2.05) is 45.9 Å². The van der Waals surface area contributed by atoms with E-state index in [9.17, 15) is 33.0 Å². The first-order chi connectivity index (χ1) is 20.1. The lowest BCUT2D eigenvalue weighted by Gasteiger charge is -2.47. The molecule has 2 aromatic rings. The van der Waals surface area contributed by atoms with Crippen molar-refractivity contribution >= 4 is 11.9 Å². The summed E-state index contributed by atoms with van der Waals surface area (Å²) < 4.78 is 41.4. The summed E-state index contributed by atoms with van der Waals surface area (Å²) in [6, 6.07) is 8.13. The van der Waals surface area contributed by atoms with E-state index in [-0.39, 0.29) is 56.5 Å². The van der Waals surface area contributed by atoms with Crippen LogP contribution in [0.3, 0.4) is 0 Å². The van der Waals surface area contributed by atoms with E-state index in [1.54, 1.807) is 29.8 Å². The van der Waals surface area contributed by atoms with Crippen molar-refractivity contribution < 1.29 is 33.0 Å². The van der Waals surface area contributed by atoms with Gasteiger partial charge >= 0.3 is 12.2 Å². The summed E-state index contributed by atoms with van der Waals surface area (Å²) in [6.07, 6.45) is -3.70. The van der Waals surface area contributed by atoms with Crippen LogP contribution in [0.1, 0.15) is 91.4 Å². The third-order valence-corrected chi connectivity index (χ3v) is 9.50. The van der Waals surface area contributed by atoms with Gasteiger partial charge in [0.15, 0.2) is 0 Å². The molecule has 2 heterocycles. The van der Waals surface area contributed by atoms with E-state index in [4.69, 9.17) is 0 Å². The monoisotopic (exact) mass is 603 g/mol. The van der Waals surface area contributed by atoms with Crippen LogP contribution in [0.25, 0.3) is 0 Å². The number of carbonyl (C=O) groups is 2. The Kier molecular flexibility index (Phi) is 9.52. The molecule has 0 aromatic heterocycles. The van der Waals surface area contributed by atoms with E-state index in [0.717, 1.165) is 22.8 Å². The van der Waals surface area contributed by atoms with Crippen molar-refractivity contribution in [1.82, 2.24) is 14.7 Å². The molecule has 2 N–H and O–H groups in total. The molecule has 0 radical (unpaired) electrons. The molecular weight excluding hydrogens is 559 g/mol. The van der Waals surface area contributed by atoms with Gasteiger partial charge in [-0.3, -0.25) is 4.79 Å². The van der Waals surface area contributed by atoms with Crippen molar-refractivity contribution in [3.8, 4) is 0 Å². The van der Waals surface area contributed by atoms with Crippen LogP contribution in [-0.4, -0.2) is 76.2 Å². The average Bonchev–Trinajstić information content (AvgIpc) is 3.22. The summed E-state index contributed by atoms with van der Waals surface area (Å²) in [6.45, 7) is 9.49. The van der Waals surface area contributed by atoms with Gasteiger partial charge in [-0.05, 0) is 80.3 Å². The molecule has 10 heteroatoms. The topological polar surface area (TPSA) is 84.3 Å². The number of benzene rings is 2. The number of piperazine rings is 1. The zero-order chi connectivity index (χ0) is 31.9. The molecule has 0 saturated carbocycles.